The van der Waals surface area contributed by atoms with Crippen molar-refractivity contribution in [3.05, 3.63) is 33.9 Å². The minimum atomic E-state index is -0.741. The number of hydrogen-bond acceptors (Lipinski definition) is 7. The molecular formula is C13H13N3O7. The molecule has 1 saturated heterocycles. The Morgan fingerprint density at radius 2 is 2.17 bits per heavy atom. The Kier molecular flexibility index (Phi) is 4.74. The number of methoxy groups -OCH3 is 1. The van der Waals surface area contributed by atoms with E-state index in [-0.39, 0.29) is 17.9 Å². The number of nitro groups is 1. The summed E-state index contributed by atoms with van der Waals surface area (Å²) < 4.78 is 9.61. The Balaban J connectivity index is 2.13. The highest BCUT2D eigenvalue weighted by Crippen LogP contribution is 2.28. The van der Waals surface area contributed by atoms with Crippen molar-refractivity contribution in [2.75, 3.05) is 26.8 Å². The van der Waals surface area contributed by atoms with Gasteiger partial charge in [-0.2, -0.15) is 0 Å². The summed E-state index contributed by atoms with van der Waals surface area (Å²) in [6.45, 7) is 0.0226. The van der Waals surface area contributed by atoms with Crippen molar-refractivity contribution in [2.24, 2.45) is 0 Å². The highest BCUT2D eigenvalue weighted by molar-refractivity contribution is 5.96. The third-order valence-corrected chi connectivity index (χ3v) is 3.09. The number of carbonyl (C=O) groups excluding carboxylic acids is 3. The molecule has 1 fully saturated rings. The van der Waals surface area contributed by atoms with Crippen LogP contribution in [0.3, 0.4) is 0 Å². The zero-order valence-electron chi connectivity index (χ0n) is 12.1. The SMILES string of the molecule is COC(=O)c1ccc(OCC(=O)N2CCNC2=O)c([N+](=O)[O-])c1. The van der Waals surface area contributed by atoms with E-state index in [1.54, 1.807) is 0 Å². The molecule has 23 heavy (non-hydrogen) atoms. The zero-order chi connectivity index (χ0) is 17.0. The van der Waals surface area contributed by atoms with Crippen LogP contribution in [-0.2, 0) is 9.53 Å². The molecule has 0 atom stereocenters. The molecule has 122 valence electrons. The fraction of sp³-hybridized carbons (Fsp3) is 0.308. The lowest BCUT2D eigenvalue weighted by Gasteiger charge is -2.13. The molecule has 0 aromatic heterocycles. The number of esters is 1. The average molecular weight is 323 g/mol. The summed E-state index contributed by atoms with van der Waals surface area (Å²) in [4.78, 5) is 45.8. The van der Waals surface area contributed by atoms with Gasteiger partial charge in [0.1, 0.15) is 0 Å². The molecule has 1 aromatic carbocycles. The first-order valence-corrected chi connectivity index (χ1v) is 6.51. The number of urea groups is 1. The third kappa shape index (κ3) is 3.54. The molecule has 1 N–H and O–H groups in total. The first-order chi connectivity index (χ1) is 10.9. The van der Waals surface area contributed by atoms with Gasteiger partial charge in [0.25, 0.3) is 5.91 Å². The molecule has 0 spiro atoms. The van der Waals surface area contributed by atoms with Crippen LogP contribution in [0.1, 0.15) is 10.4 Å². The van der Waals surface area contributed by atoms with Crippen LogP contribution in [0, 0.1) is 10.1 Å². The molecule has 0 unspecified atom stereocenters. The highest BCUT2D eigenvalue weighted by atomic mass is 16.6. The largest absolute Gasteiger partial charge is 0.477 e. The number of nitrogens with one attached hydrogen (secondary N) is 1. The first-order valence-electron chi connectivity index (χ1n) is 6.51. The van der Waals surface area contributed by atoms with Crippen molar-refractivity contribution in [1.82, 2.24) is 10.2 Å². The fourth-order valence-electron chi connectivity index (χ4n) is 1.95. The number of imide groups is 1. The number of hydrogen-bond donors (Lipinski definition) is 1. The molecule has 1 heterocycles. The lowest BCUT2D eigenvalue weighted by Crippen LogP contribution is -2.37. The van der Waals surface area contributed by atoms with Crippen molar-refractivity contribution in [3.8, 4) is 5.75 Å². The van der Waals surface area contributed by atoms with Gasteiger partial charge in [0.15, 0.2) is 12.4 Å². The van der Waals surface area contributed by atoms with Gasteiger partial charge in [-0.1, -0.05) is 0 Å². The van der Waals surface area contributed by atoms with E-state index < -0.39 is 35.1 Å². The number of ether oxygens (including phenoxy) is 2. The van der Waals surface area contributed by atoms with E-state index in [1.165, 1.54) is 12.1 Å². The number of nitrogens with zero attached hydrogens (tertiary/aromatic N) is 2. The number of rotatable bonds is 5. The highest BCUT2D eigenvalue weighted by Gasteiger charge is 2.27. The zero-order valence-corrected chi connectivity index (χ0v) is 12.1. The van der Waals surface area contributed by atoms with E-state index in [4.69, 9.17) is 4.74 Å². The van der Waals surface area contributed by atoms with Crippen molar-refractivity contribution in [1.29, 1.82) is 0 Å². The van der Waals surface area contributed by atoms with Crippen LogP contribution in [-0.4, -0.2) is 54.5 Å². The van der Waals surface area contributed by atoms with Gasteiger partial charge in [-0.3, -0.25) is 19.8 Å². The van der Waals surface area contributed by atoms with Crippen LogP contribution >= 0.6 is 0 Å². The summed E-state index contributed by atoms with van der Waals surface area (Å²) in [5.74, 6) is -1.54. The van der Waals surface area contributed by atoms with Crippen LogP contribution in [0.15, 0.2) is 18.2 Å². The molecule has 1 aliphatic rings. The van der Waals surface area contributed by atoms with E-state index in [9.17, 15) is 24.5 Å². The second kappa shape index (κ2) is 6.73. The summed E-state index contributed by atoms with van der Waals surface area (Å²) in [7, 11) is 1.15. The van der Waals surface area contributed by atoms with Gasteiger partial charge in [0.05, 0.1) is 17.6 Å². The van der Waals surface area contributed by atoms with E-state index in [2.05, 4.69) is 10.1 Å². The van der Waals surface area contributed by atoms with E-state index in [1.807, 2.05) is 0 Å². The lowest BCUT2D eigenvalue weighted by atomic mass is 10.2. The summed E-state index contributed by atoms with van der Waals surface area (Å²) >= 11 is 0. The quantitative estimate of drug-likeness (QED) is 0.469. The Labute approximate surface area is 130 Å². The maximum Gasteiger partial charge on any atom is 0.338 e. The monoisotopic (exact) mass is 323 g/mol. The van der Waals surface area contributed by atoms with Crippen molar-refractivity contribution in [3.63, 3.8) is 0 Å². The van der Waals surface area contributed by atoms with Crippen LogP contribution in [0.4, 0.5) is 10.5 Å². The van der Waals surface area contributed by atoms with E-state index in [0.29, 0.717) is 6.54 Å². The molecule has 1 aromatic rings. The number of nitro benzene ring substituents is 1. The molecule has 10 heteroatoms. The molecule has 0 saturated carbocycles. The maximum atomic E-state index is 11.8. The third-order valence-electron chi connectivity index (χ3n) is 3.09. The second-order valence-electron chi connectivity index (χ2n) is 4.50. The van der Waals surface area contributed by atoms with Crippen molar-refractivity contribution >= 4 is 23.6 Å². The Hall–Kier alpha value is -3.17. The van der Waals surface area contributed by atoms with Gasteiger partial charge in [0, 0.05) is 19.2 Å². The predicted molar refractivity (Wildman–Crippen MR) is 75.0 cm³/mol. The normalized spacial score (nSPS) is 13.4. The number of benzene rings is 1. The first kappa shape index (κ1) is 16.2. The van der Waals surface area contributed by atoms with Crippen molar-refractivity contribution < 1.29 is 28.8 Å². The Morgan fingerprint density at radius 1 is 1.43 bits per heavy atom. The number of amides is 3. The average Bonchev–Trinajstić information content (AvgIpc) is 2.97. The molecule has 10 nitrogen and oxygen atoms in total. The summed E-state index contributed by atoms with van der Waals surface area (Å²) in [6.07, 6.45) is 0. The van der Waals surface area contributed by atoms with Crippen LogP contribution in [0.2, 0.25) is 0 Å². The van der Waals surface area contributed by atoms with Gasteiger partial charge in [-0.05, 0) is 12.1 Å². The van der Waals surface area contributed by atoms with Gasteiger partial charge in [0.2, 0.25) is 0 Å². The summed E-state index contributed by atoms with van der Waals surface area (Å²) in [5, 5.41) is 13.5. The minimum Gasteiger partial charge on any atom is -0.477 e. The second-order valence-corrected chi connectivity index (χ2v) is 4.50. The molecule has 1 aliphatic heterocycles. The van der Waals surface area contributed by atoms with Gasteiger partial charge in [-0.25, -0.2) is 9.59 Å². The van der Waals surface area contributed by atoms with Gasteiger partial charge >= 0.3 is 17.7 Å². The molecular weight excluding hydrogens is 310 g/mol. The smallest absolute Gasteiger partial charge is 0.338 e. The van der Waals surface area contributed by atoms with Crippen LogP contribution in [0.25, 0.3) is 0 Å². The number of carbonyl (C=O) groups is 3. The van der Waals surface area contributed by atoms with Crippen LogP contribution < -0.4 is 10.1 Å². The predicted octanol–water partition coefficient (Wildman–Crippen LogP) is 0.312. The fourth-order valence-corrected chi connectivity index (χ4v) is 1.95. The van der Waals surface area contributed by atoms with Crippen LogP contribution in [0.5, 0.6) is 5.75 Å². The Bertz CT molecular complexity index is 674. The Morgan fingerprint density at radius 3 is 2.74 bits per heavy atom. The standard InChI is InChI=1S/C13H13N3O7/c1-22-12(18)8-2-3-10(9(6-8)16(20)21)23-7-11(17)15-5-4-14-13(15)19/h2-3,6H,4-5,7H2,1H3,(H,14,19). The molecule has 2 rings (SSSR count). The molecule has 0 aliphatic carbocycles. The molecule has 3 amide bonds. The molecule has 0 radical (unpaired) electrons. The molecule has 0 bridgehead atoms. The summed E-state index contributed by atoms with van der Waals surface area (Å²) in [5.41, 5.74) is -0.497. The van der Waals surface area contributed by atoms with Crippen molar-refractivity contribution in [2.45, 2.75) is 0 Å². The van der Waals surface area contributed by atoms with E-state index >= 15 is 0 Å². The minimum absolute atomic E-state index is 0.0169. The topological polar surface area (TPSA) is 128 Å². The van der Waals surface area contributed by atoms with E-state index in [0.717, 1.165) is 18.1 Å². The van der Waals surface area contributed by atoms with Gasteiger partial charge in [-0.15, -0.1) is 0 Å². The van der Waals surface area contributed by atoms with Gasteiger partial charge < -0.3 is 14.8 Å². The summed E-state index contributed by atoms with van der Waals surface area (Å²) in [6, 6.07) is 2.94. The lowest BCUT2D eigenvalue weighted by molar-refractivity contribution is -0.385. The maximum absolute atomic E-state index is 11.8.